The van der Waals surface area contributed by atoms with Crippen LogP contribution in [0.25, 0.3) is 5.69 Å². The lowest BCUT2D eigenvalue weighted by Crippen LogP contribution is -2.30. The van der Waals surface area contributed by atoms with Gasteiger partial charge in [-0.05, 0) is 91.4 Å². The van der Waals surface area contributed by atoms with Crippen molar-refractivity contribution in [2.75, 3.05) is 4.90 Å². The molecule has 1 aliphatic heterocycles. The van der Waals surface area contributed by atoms with Gasteiger partial charge in [0, 0.05) is 34.5 Å². The summed E-state index contributed by atoms with van der Waals surface area (Å²) >= 11 is 12.1. The molecule has 5 rings (SSSR count). The minimum atomic E-state index is -0.159. The van der Waals surface area contributed by atoms with Crippen LogP contribution in [0.3, 0.4) is 0 Å². The maximum absolute atomic E-state index is 9.79. The summed E-state index contributed by atoms with van der Waals surface area (Å²) in [4.78, 5) is 6.70. The minimum Gasteiger partial charge on any atom is -0.508 e. The van der Waals surface area contributed by atoms with Crippen molar-refractivity contribution in [3.63, 3.8) is 0 Å². The van der Waals surface area contributed by atoms with Gasteiger partial charge in [-0.2, -0.15) is 0 Å². The zero-order chi connectivity index (χ0) is 22.2. The number of phenolic OH excluding ortho intramolecular Hbond substituents is 1. The van der Waals surface area contributed by atoms with E-state index in [2.05, 4.69) is 31.9 Å². The van der Waals surface area contributed by atoms with Crippen LogP contribution < -0.4 is 10.2 Å². The van der Waals surface area contributed by atoms with Gasteiger partial charge < -0.3 is 19.9 Å². The first-order chi connectivity index (χ1) is 15.5. The van der Waals surface area contributed by atoms with Crippen LogP contribution in [0.15, 0.2) is 85.2 Å². The van der Waals surface area contributed by atoms with Gasteiger partial charge in [-0.25, -0.2) is 0 Å². The number of benzene rings is 2. The number of nitrogens with zero attached hydrogens (tertiary/aromatic N) is 3. The highest BCUT2D eigenvalue weighted by molar-refractivity contribution is 7.80. The molecule has 160 valence electrons. The molecule has 0 saturated carbocycles. The molecule has 2 atom stereocenters. The summed E-state index contributed by atoms with van der Waals surface area (Å²) < 4.78 is 2.16. The molecule has 3 heterocycles. The number of halogens is 1. The van der Waals surface area contributed by atoms with Crippen LogP contribution in [0.1, 0.15) is 29.0 Å². The number of aryl methyl sites for hydroxylation is 1. The van der Waals surface area contributed by atoms with E-state index in [1.807, 2.05) is 61.7 Å². The third kappa shape index (κ3) is 3.61. The standard InChI is InChI=1S/C25H21ClN4OS/c1-16-15-18(9-12-20(16)26)29-14-4-6-22(29)24-23(21-5-2-3-13-27-21)28-25(32)30(24)17-7-10-19(31)11-8-17/h2-15,23-24,31H,1H3,(H,28,32)/t23-,24-/m0/s1. The molecule has 7 heteroatoms. The number of pyridine rings is 1. The van der Waals surface area contributed by atoms with Crippen LogP contribution in [-0.2, 0) is 0 Å². The fourth-order valence-electron chi connectivity index (χ4n) is 4.20. The van der Waals surface area contributed by atoms with Crippen molar-refractivity contribution in [3.8, 4) is 11.4 Å². The maximum Gasteiger partial charge on any atom is 0.174 e. The number of phenols is 1. The van der Waals surface area contributed by atoms with Gasteiger partial charge in [-0.1, -0.05) is 17.7 Å². The van der Waals surface area contributed by atoms with Gasteiger partial charge >= 0.3 is 0 Å². The molecule has 0 unspecified atom stereocenters. The molecule has 0 aliphatic carbocycles. The fraction of sp³-hybridized carbons (Fsp3) is 0.120. The molecule has 1 aliphatic rings. The first kappa shape index (κ1) is 20.5. The Morgan fingerprint density at radius 1 is 1.00 bits per heavy atom. The molecule has 4 aromatic rings. The van der Waals surface area contributed by atoms with E-state index in [9.17, 15) is 5.11 Å². The molecule has 0 amide bonds. The monoisotopic (exact) mass is 460 g/mol. The van der Waals surface area contributed by atoms with Gasteiger partial charge in [0.1, 0.15) is 11.8 Å². The van der Waals surface area contributed by atoms with E-state index in [1.54, 1.807) is 18.3 Å². The topological polar surface area (TPSA) is 53.3 Å². The lowest BCUT2D eigenvalue weighted by Gasteiger charge is -2.29. The van der Waals surface area contributed by atoms with Gasteiger partial charge in [0.25, 0.3) is 0 Å². The molecule has 5 nitrogen and oxygen atoms in total. The molecule has 1 fully saturated rings. The van der Waals surface area contributed by atoms with E-state index in [-0.39, 0.29) is 17.8 Å². The van der Waals surface area contributed by atoms with Crippen molar-refractivity contribution >= 4 is 34.6 Å². The summed E-state index contributed by atoms with van der Waals surface area (Å²) in [5.74, 6) is 0.213. The largest absolute Gasteiger partial charge is 0.508 e. The summed E-state index contributed by atoms with van der Waals surface area (Å²) in [7, 11) is 0. The molecule has 2 aromatic carbocycles. The molecule has 32 heavy (non-hydrogen) atoms. The van der Waals surface area contributed by atoms with Crippen LogP contribution in [0.4, 0.5) is 5.69 Å². The number of thiocarbonyl (C=S) groups is 1. The number of aromatic hydroxyl groups is 1. The zero-order valence-corrected chi connectivity index (χ0v) is 18.9. The quantitative estimate of drug-likeness (QED) is 0.381. The summed E-state index contributed by atoms with van der Waals surface area (Å²) in [6.07, 6.45) is 3.84. The normalized spacial score (nSPS) is 18.1. The lowest BCUT2D eigenvalue weighted by atomic mass is 10.0. The summed E-state index contributed by atoms with van der Waals surface area (Å²) in [5.41, 5.74) is 4.89. The Labute approximate surface area is 196 Å². The lowest BCUT2D eigenvalue weighted by molar-refractivity contribution is 0.475. The summed E-state index contributed by atoms with van der Waals surface area (Å²) in [6.45, 7) is 2.00. The van der Waals surface area contributed by atoms with Crippen molar-refractivity contribution < 1.29 is 5.11 Å². The van der Waals surface area contributed by atoms with E-state index >= 15 is 0 Å². The molecule has 2 aromatic heterocycles. The van der Waals surface area contributed by atoms with Gasteiger partial charge in [0.05, 0.1) is 11.7 Å². The van der Waals surface area contributed by atoms with Crippen LogP contribution in [0.2, 0.25) is 5.02 Å². The highest BCUT2D eigenvalue weighted by Gasteiger charge is 2.42. The Hall–Kier alpha value is -3.35. The number of hydrogen-bond donors (Lipinski definition) is 2. The Morgan fingerprint density at radius 3 is 2.50 bits per heavy atom. The second-order valence-corrected chi connectivity index (χ2v) is 8.54. The Kier molecular flexibility index (Phi) is 5.33. The van der Waals surface area contributed by atoms with Crippen LogP contribution in [-0.4, -0.2) is 19.8 Å². The van der Waals surface area contributed by atoms with Gasteiger partial charge in [0.2, 0.25) is 0 Å². The van der Waals surface area contributed by atoms with E-state index in [1.165, 1.54) is 0 Å². The summed E-state index contributed by atoms with van der Waals surface area (Å²) in [5, 5.41) is 14.6. The van der Waals surface area contributed by atoms with E-state index in [0.29, 0.717) is 5.11 Å². The molecule has 0 bridgehead atoms. The van der Waals surface area contributed by atoms with Crippen LogP contribution in [0.5, 0.6) is 5.75 Å². The second-order valence-electron chi connectivity index (χ2n) is 7.75. The number of nitrogens with one attached hydrogen (secondary N) is 1. The van der Waals surface area contributed by atoms with Crippen molar-refractivity contribution in [1.82, 2.24) is 14.9 Å². The molecular weight excluding hydrogens is 440 g/mol. The van der Waals surface area contributed by atoms with E-state index in [0.717, 1.165) is 33.3 Å². The van der Waals surface area contributed by atoms with Crippen molar-refractivity contribution in [1.29, 1.82) is 0 Å². The molecular formula is C25H21ClN4OS. The van der Waals surface area contributed by atoms with E-state index < -0.39 is 0 Å². The Morgan fingerprint density at radius 2 is 1.78 bits per heavy atom. The molecule has 0 spiro atoms. The number of aromatic nitrogens is 2. The van der Waals surface area contributed by atoms with Crippen molar-refractivity contribution in [2.24, 2.45) is 0 Å². The van der Waals surface area contributed by atoms with E-state index in [4.69, 9.17) is 23.8 Å². The Bertz CT molecular complexity index is 1270. The van der Waals surface area contributed by atoms with Gasteiger partial charge in [-0.3, -0.25) is 4.98 Å². The number of hydrogen-bond acceptors (Lipinski definition) is 3. The third-order valence-corrected chi connectivity index (χ3v) is 6.47. The highest BCUT2D eigenvalue weighted by atomic mass is 35.5. The van der Waals surface area contributed by atoms with Crippen LogP contribution >= 0.6 is 23.8 Å². The van der Waals surface area contributed by atoms with Crippen molar-refractivity contribution in [2.45, 2.75) is 19.0 Å². The number of anilines is 1. The summed E-state index contributed by atoms with van der Waals surface area (Å²) in [6, 6.07) is 22.8. The minimum absolute atomic E-state index is 0.153. The molecule has 1 saturated heterocycles. The van der Waals surface area contributed by atoms with Gasteiger partial charge in [-0.15, -0.1) is 0 Å². The molecule has 0 radical (unpaired) electrons. The first-order valence-electron chi connectivity index (χ1n) is 10.3. The number of rotatable bonds is 4. The average molecular weight is 461 g/mol. The predicted octanol–water partition coefficient (Wildman–Crippen LogP) is 5.72. The first-order valence-corrected chi connectivity index (χ1v) is 11.0. The third-order valence-electron chi connectivity index (χ3n) is 5.73. The van der Waals surface area contributed by atoms with Crippen LogP contribution in [0, 0.1) is 6.92 Å². The molecule has 2 N–H and O–H groups in total. The van der Waals surface area contributed by atoms with Gasteiger partial charge in [0.15, 0.2) is 5.11 Å². The zero-order valence-electron chi connectivity index (χ0n) is 17.3. The Balaban J connectivity index is 1.67. The predicted molar refractivity (Wildman–Crippen MR) is 132 cm³/mol. The SMILES string of the molecule is Cc1cc(-n2cccc2[C@H]2[C@H](c3ccccn3)NC(=S)N2c2ccc(O)cc2)ccc1Cl. The fourth-order valence-corrected chi connectivity index (χ4v) is 4.66. The average Bonchev–Trinajstić information content (AvgIpc) is 3.41. The highest BCUT2D eigenvalue weighted by Crippen LogP contribution is 2.42. The van der Waals surface area contributed by atoms with Crippen molar-refractivity contribution in [3.05, 3.63) is 107 Å². The smallest absolute Gasteiger partial charge is 0.174 e. The maximum atomic E-state index is 9.79. The second kappa shape index (κ2) is 8.30.